The van der Waals surface area contributed by atoms with Crippen molar-refractivity contribution in [3.63, 3.8) is 0 Å². The summed E-state index contributed by atoms with van der Waals surface area (Å²) in [4.78, 5) is 19.4. The molecule has 6 nitrogen and oxygen atoms in total. The maximum absolute atomic E-state index is 6.02. The molecule has 0 spiro atoms. The molecule has 1 aliphatic heterocycles. The number of pyridine rings is 1. The Morgan fingerprint density at radius 3 is 2.55 bits per heavy atom. The summed E-state index contributed by atoms with van der Waals surface area (Å²) in [5.74, 6) is 1.89. The zero-order valence-electron chi connectivity index (χ0n) is 17.3. The SMILES string of the molecule is CN1CCN(c2ccc(CNc3ncnc4cc(-c5ccc(Cl)cc5)sc34)cn2)CC1. The number of thiophene rings is 1. The van der Waals surface area contributed by atoms with Gasteiger partial charge in [0.15, 0.2) is 0 Å². The van der Waals surface area contributed by atoms with Crippen LogP contribution in [0.3, 0.4) is 0 Å². The second-order valence-corrected chi connectivity index (χ2v) is 9.21. The fraction of sp³-hybridized carbons (Fsp3) is 0.261. The molecular formula is C23H23ClN6S. The Hall–Kier alpha value is -2.74. The standard InChI is InChI=1S/C23H23ClN6S/c1-29-8-10-30(11-9-29)21-7-2-16(13-25-21)14-26-23-22-19(27-15-28-23)12-20(31-22)17-3-5-18(24)6-4-17/h2-7,12-13,15H,8-11,14H2,1H3,(H,26,27,28). The molecule has 0 atom stereocenters. The number of halogens is 1. The van der Waals surface area contributed by atoms with Crippen LogP contribution in [-0.4, -0.2) is 53.1 Å². The fourth-order valence-electron chi connectivity index (χ4n) is 3.67. The van der Waals surface area contributed by atoms with Crippen molar-refractivity contribution in [2.75, 3.05) is 43.4 Å². The normalized spacial score (nSPS) is 14.8. The van der Waals surface area contributed by atoms with E-state index in [2.05, 4.69) is 55.3 Å². The molecule has 1 aromatic carbocycles. The minimum absolute atomic E-state index is 0.663. The van der Waals surface area contributed by atoms with Crippen LogP contribution in [0.2, 0.25) is 5.02 Å². The van der Waals surface area contributed by atoms with Gasteiger partial charge in [0, 0.05) is 48.8 Å². The van der Waals surface area contributed by atoms with Crippen molar-refractivity contribution in [2.45, 2.75) is 6.54 Å². The molecule has 3 aromatic heterocycles. The molecule has 158 valence electrons. The first-order valence-electron chi connectivity index (χ1n) is 10.3. The summed E-state index contributed by atoms with van der Waals surface area (Å²) in [5, 5.41) is 4.20. The van der Waals surface area contributed by atoms with E-state index in [1.165, 1.54) is 0 Å². The Bertz CT molecular complexity index is 1170. The molecule has 4 heterocycles. The van der Waals surface area contributed by atoms with Crippen LogP contribution in [-0.2, 0) is 6.54 Å². The third-order valence-electron chi connectivity index (χ3n) is 5.54. The molecule has 5 rings (SSSR count). The molecule has 1 fully saturated rings. The second kappa shape index (κ2) is 8.78. The molecule has 1 N–H and O–H groups in total. The van der Waals surface area contributed by atoms with Crippen LogP contribution in [0.4, 0.5) is 11.6 Å². The first kappa shape index (κ1) is 20.2. The van der Waals surface area contributed by atoms with E-state index in [4.69, 9.17) is 11.6 Å². The fourth-order valence-corrected chi connectivity index (χ4v) is 4.87. The lowest BCUT2D eigenvalue weighted by Gasteiger charge is -2.33. The number of nitrogens with one attached hydrogen (secondary N) is 1. The number of likely N-dealkylation sites (N-methyl/N-ethyl adjacent to an activating group) is 1. The minimum atomic E-state index is 0.663. The predicted molar refractivity (Wildman–Crippen MR) is 129 cm³/mol. The third kappa shape index (κ3) is 4.49. The largest absolute Gasteiger partial charge is 0.365 e. The molecule has 8 heteroatoms. The Balaban J connectivity index is 1.30. The first-order valence-corrected chi connectivity index (χ1v) is 11.5. The van der Waals surface area contributed by atoms with Crippen LogP contribution in [0.5, 0.6) is 0 Å². The van der Waals surface area contributed by atoms with Gasteiger partial charge in [0.05, 0.1) is 10.2 Å². The lowest BCUT2D eigenvalue weighted by atomic mass is 10.2. The maximum atomic E-state index is 6.02. The average molecular weight is 451 g/mol. The molecular weight excluding hydrogens is 428 g/mol. The molecule has 1 saturated heterocycles. The minimum Gasteiger partial charge on any atom is -0.365 e. The van der Waals surface area contributed by atoms with Gasteiger partial charge in [-0.25, -0.2) is 15.0 Å². The monoisotopic (exact) mass is 450 g/mol. The van der Waals surface area contributed by atoms with E-state index < -0.39 is 0 Å². The first-order chi connectivity index (χ1) is 15.2. The lowest BCUT2D eigenvalue weighted by Crippen LogP contribution is -2.44. The van der Waals surface area contributed by atoms with Gasteiger partial charge < -0.3 is 15.1 Å². The maximum Gasteiger partial charge on any atom is 0.147 e. The lowest BCUT2D eigenvalue weighted by molar-refractivity contribution is 0.312. The number of anilines is 2. The van der Waals surface area contributed by atoms with E-state index in [0.717, 1.165) is 69.1 Å². The Morgan fingerprint density at radius 1 is 1.00 bits per heavy atom. The van der Waals surface area contributed by atoms with Crippen molar-refractivity contribution in [3.05, 3.63) is 65.6 Å². The highest BCUT2D eigenvalue weighted by Gasteiger charge is 2.15. The van der Waals surface area contributed by atoms with Gasteiger partial charge in [-0.1, -0.05) is 29.8 Å². The van der Waals surface area contributed by atoms with Gasteiger partial charge in [-0.05, 0) is 42.4 Å². The molecule has 0 unspecified atom stereocenters. The summed E-state index contributed by atoms with van der Waals surface area (Å²) in [5.41, 5.74) is 3.19. The van der Waals surface area contributed by atoms with E-state index in [9.17, 15) is 0 Å². The molecule has 0 aliphatic carbocycles. The van der Waals surface area contributed by atoms with Crippen LogP contribution >= 0.6 is 22.9 Å². The highest BCUT2D eigenvalue weighted by atomic mass is 35.5. The summed E-state index contributed by atoms with van der Waals surface area (Å²) in [6, 6.07) is 14.2. The van der Waals surface area contributed by atoms with Crippen molar-refractivity contribution in [1.82, 2.24) is 19.9 Å². The summed E-state index contributed by atoms with van der Waals surface area (Å²) in [6.07, 6.45) is 3.56. The predicted octanol–water partition coefficient (Wildman–Crippen LogP) is 4.77. The van der Waals surface area contributed by atoms with E-state index in [1.807, 2.05) is 30.5 Å². The van der Waals surface area contributed by atoms with Gasteiger partial charge in [-0.2, -0.15) is 0 Å². The van der Waals surface area contributed by atoms with Crippen LogP contribution in [0, 0.1) is 0 Å². The average Bonchev–Trinajstić information content (AvgIpc) is 3.24. The summed E-state index contributed by atoms with van der Waals surface area (Å²) in [6.45, 7) is 4.86. The second-order valence-electron chi connectivity index (χ2n) is 7.72. The third-order valence-corrected chi connectivity index (χ3v) is 6.97. The molecule has 4 aromatic rings. The number of fused-ring (bicyclic) bond motifs is 1. The van der Waals surface area contributed by atoms with Crippen molar-refractivity contribution in [3.8, 4) is 10.4 Å². The smallest absolute Gasteiger partial charge is 0.147 e. The van der Waals surface area contributed by atoms with Gasteiger partial charge in [-0.15, -0.1) is 11.3 Å². The zero-order chi connectivity index (χ0) is 21.2. The Labute approximate surface area is 190 Å². The van der Waals surface area contributed by atoms with Crippen LogP contribution in [0.25, 0.3) is 20.7 Å². The van der Waals surface area contributed by atoms with E-state index in [1.54, 1.807) is 17.7 Å². The number of nitrogens with zero attached hydrogens (tertiary/aromatic N) is 5. The highest BCUT2D eigenvalue weighted by molar-refractivity contribution is 7.22. The van der Waals surface area contributed by atoms with Gasteiger partial charge in [0.2, 0.25) is 0 Å². The van der Waals surface area contributed by atoms with Crippen LogP contribution in [0.15, 0.2) is 55.0 Å². The summed E-state index contributed by atoms with van der Waals surface area (Å²) < 4.78 is 1.05. The van der Waals surface area contributed by atoms with Gasteiger partial charge in [0.25, 0.3) is 0 Å². The number of piperazine rings is 1. The van der Waals surface area contributed by atoms with E-state index in [0.29, 0.717) is 6.54 Å². The number of aromatic nitrogens is 3. The number of hydrogen-bond acceptors (Lipinski definition) is 7. The van der Waals surface area contributed by atoms with Crippen LogP contribution in [0.1, 0.15) is 5.56 Å². The molecule has 31 heavy (non-hydrogen) atoms. The van der Waals surface area contributed by atoms with Crippen LogP contribution < -0.4 is 10.2 Å². The highest BCUT2D eigenvalue weighted by Crippen LogP contribution is 2.36. The van der Waals surface area contributed by atoms with Crippen molar-refractivity contribution in [2.24, 2.45) is 0 Å². The molecule has 0 amide bonds. The summed E-state index contributed by atoms with van der Waals surface area (Å²) >= 11 is 7.71. The zero-order valence-corrected chi connectivity index (χ0v) is 18.8. The van der Waals surface area contributed by atoms with Gasteiger partial charge in [0.1, 0.15) is 18.0 Å². The molecule has 0 radical (unpaired) electrons. The number of hydrogen-bond donors (Lipinski definition) is 1. The molecule has 1 aliphatic rings. The van der Waals surface area contributed by atoms with E-state index >= 15 is 0 Å². The van der Waals surface area contributed by atoms with Gasteiger partial charge in [-0.3, -0.25) is 0 Å². The van der Waals surface area contributed by atoms with Crippen molar-refractivity contribution >= 4 is 44.8 Å². The van der Waals surface area contributed by atoms with Gasteiger partial charge >= 0.3 is 0 Å². The summed E-state index contributed by atoms with van der Waals surface area (Å²) in [7, 11) is 2.16. The van der Waals surface area contributed by atoms with E-state index in [-0.39, 0.29) is 0 Å². The number of benzene rings is 1. The van der Waals surface area contributed by atoms with Crippen molar-refractivity contribution < 1.29 is 0 Å². The number of rotatable bonds is 5. The quantitative estimate of drug-likeness (QED) is 0.472. The Morgan fingerprint density at radius 2 is 1.81 bits per heavy atom. The molecule has 0 saturated carbocycles. The topological polar surface area (TPSA) is 57.2 Å². The molecule has 0 bridgehead atoms. The van der Waals surface area contributed by atoms with Crippen molar-refractivity contribution in [1.29, 1.82) is 0 Å². The Kier molecular flexibility index (Phi) is 5.72.